The first-order chi connectivity index (χ1) is 9.06. The van der Waals surface area contributed by atoms with Crippen LogP contribution in [0.1, 0.15) is 32.1 Å². The van der Waals surface area contributed by atoms with E-state index in [-0.39, 0.29) is 12.1 Å². The maximum Gasteiger partial charge on any atom is 0.326 e. The molecule has 5 heteroatoms. The molecule has 1 aliphatic heterocycles. The summed E-state index contributed by atoms with van der Waals surface area (Å²) in [5, 5.41) is 9.36. The average Bonchev–Trinajstić information content (AvgIpc) is 2.77. The van der Waals surface area contributed by atoms with Gasteiger partial charge in [0.2, 0.25) is 0 Å². The second-order valence-electron chi connectivity index (χ2n) is 5.56. The minimum Gasteiger partial charge on any atom is -0.480 e. The first kappa shape index (κ1) is 13.9. The summed E-state index contributed by atoms with van der Waals surface area (Å²) in [7, 11) is 1.69. The number of nitrogens with zero attached hydrogens (tertiary/aromatic N) is 2. The molecule has 1 saturated carbocycles. The number of likely N-dealkylation sites (N-methyl/N-ethyl adjacent to an activating group) is 1. The van der Waals surface area contributed by atoms with Crippen LogP contribution in [0.15, 0.2) is 12.7 Å². The zero-order valence-electron chi connectivity index (χ0n) is 11.4. The molecule has 5 nitrogen and oxygen atoms in total. The standard InChI is InChI=1S/C14H22N2O3/c1-3-8-15(2)14(19)16-11-7-5-4-6-10(11)9-12(16)13(17)18/h3,10-12H,1,4-9H2,2H3,(H,17,18). The van der Waals surface area contributed by atoms with Crippen LogP contribution in [0.2, 0.25) is 0 Å². The van der Waals surface area contributed by atoms with Crippen LogP contribution in [0.25, 0.3) is 0 Å². The third-order valence-electron chi connectivity index (χ3n) is 4.32. The second-order valence-corrected chi connectivity index (χ2v) is 5.56. The topological polar surface area (TPSA) is 60.9 Å². The summed E-state index contributed by atoms with van der Waals surface area (Å²) >= 11 is 0. The molecule has 1 saturated heterocycles. The number of hydrogen-bond acceptors (Lipinski definition) is 2. The average molecular weight is 266 g/mol. The van der Waals surface area contributed by atoms with Crippen molar-refractivity contribution in [2.45, 2.75) is 44.2 Å². The number of carboxylic acids is 1. The van der Waals surface area contributed by atoms with E-state index in [4.69, 9.17) is 0 Å². The zero-order chi connectivity index (χ0) is 14.0. The summed E-state index contributed by atoms with van der Waals surface area (Å²) in [5.41, 5.74) is 0. The number of likely N-dealkylation sites (tertiary alicyclic amines) is 1. The van der Waals surface area contributed by atoms with E-state index >= 15 is 0 Å². The van der Waals surface area contributed by atoms with Crippen molar-refractivity contribution < 1.29 is 14.7 Å². The minimum absolute atomic E-state index is 0.106. The summed E-state index contributed by atoms with van der Waals surface area (Å²) in [6.07, 6.45) is 6.47. The van der Waals surface area contributed by atoms with Gasteiger partial charge in [0.1, 0.15) is 6.04 Å². The van der Waals surface area contributed by atoms with E-state index in [2.05, 4.69) is 6.58 Å². The number of hydrogen-bond donors (Lipinski definition) is 1. The van der Waals surface area contributed by atoms with Gasteiger partial charge in [-0.1, -0.05) is 18.9 Å². The van der Waals surface area contributed by atoms with Crippen molar-refractivity contribution in [3.8, 4) is 0 Å². The molecule has 19 heavy (non-hydrogen) atoms. The molecule has 2 amide bonds. The first-order valence-electron chi connectivity index (χ1n) is 6.93. The number of amides is 2. The van der Waals surface area contributed by atoms with Crippen LogP contribution in [0.5, 0.6) is 0 Å². The molecule has 2 fully saturated rings. The third-order valence-corrected chi connectivity index (χ3v) is 4.32. The zero-order valence-corrected chi connectivity index (χ0v) is 11.4. The molecule has 0 aromatic rings. The van der Waals surface area contributed by atoms with E-state index in [1.54, 1.807) is 22.9 Å². The molecule has 2 aliphatic rings. The van der Waals surface area contributed by atoms with Crippen LogP contribution in [0, 0.1) is 5.92 Å². The van der Waals surface area contributed by atoms with E-state index in [0.717, 1.165) is 25.7 Å². The quantitative estimate of drug-likeness (QED) is 0.794. The van der Waals surface area contributed by atoms with Crippen LogP contribution < -0.4 is 0 Å². The molecule has 106 valence electrons. The van der Waals surface area contributed by atoms with Crippen LogP contribution in [-0.2, 0) is 4.79 Å². The largest absolute Gasteiger partial charge is 0.480 e. The Morgan fingerprint density at radius 2 is 2.11 bits per heavy atom. The van der Waals surface area contributed by atoms with Crippen molar-refractivity contribution in [2.24, 2.45) is 5.92 Å². The monoisotopic (exact) mass is 266 g/mol. The van der Waals surface area contributed by atoms with Crippen LogP contribution >= 0.6 is 0 Å². The molecule has 0 spiro atoms. The fraction of sp³-hybridized carbons (Fsp3) is 0.714. The van der Waals surface area contributed by atoms with Crippen molar-refractivity contribution in [3.63, 3.8) is 0 Å². The smallest absolute Gasteiger partial charge is 0.326 e. The maximum atomic E-state index is 12.4. The SMILES string of the molecule is C=CCN(C)C(=O)N1C(C(=O)O)CC2CCCCC21. The summed E-state index contributed by atoms with van der Waals surface area (Å²) in [5.74, 6) is -0.523. The fourth-order valence-corrected chi connectivity index (χ4v) is 3.42. The molecule has 3 unspecified atom stereocenters. The number of fused-ring (bicyclic) bond motifs is 1. The molecule has 0 aromatic carbocycles. The second kappa shape index (κ2) is 5.63. The Kier molecular flexibility index (Phi) is 4.12. The van der Waals surface area contributed by atoms with Crippen LogP contribution in [-0.4, -0.2) is 52.6 Å². The molecular formula is C14H22N2O3. The highest BCUT2D eigenvalue weighted by Crippen LogP contribution is 2.40. The number of carbonyl (C=O) groups excluding carboxylic acids is 1. The van der Waals surface area contributed by atoms with Gasteiger partial charge >= 0.3 is 12.0 Å². The van der Waals surface area contributed by atoms with Gasteiger partial charge < -0.3 is 14.9 Å². The van der Waals surface area contributed by atoms with E-state index in [0.29, 0.717) is 18.9 Å². The highest BCUT2D eigenvalue weighted by Gasteiger charge is 2.48. The Bertz CT molecular complexity index is 383. The van der Waals surface area contributed by atoms with Gasteiger partial charge in [0.05, 0.1) is 0 Å². The molecule has 1 aliphatic carbocycles. The molecule has 0 bridgehead atoms. The normalized spacial score (nSPS) is 29.7. The number of aliphatic carboxylic acids is 1. The van der Waals surface area contributed by atoms with E-state index in [9.17, 15) is 14.7 Å². The van der Waals surface area contributed by atoms with Gasteiger partial charge in [0.25, 0.3) is 0 Å². The van der Waals surface area contributed by atoms with Gasteiger partial charge in [-0.05, 0) is 25.2 Å². The summed E-state index contributed by atoms with van der Waals surface area (Å²) in [6, 6.07) is -0.732. The minimum atomic E-state index is -0.880. The van der Waals surface area contributed by atoms with Gasteiger partial charge in [-0.25, -0.2) is 9.59 Å². The van der Waals surface area contributed by atoms with Gasteiger partial charge in [-0.3, -0.25) is 0 Å². The Morgan fingerprint density at radius 3 is 2.74 bits per heavy atom. The van der Waals surface area contributed by atoms with E-state index in [1.165, 1.54) is 0 Å². The van der Waals surface area contributed by atoms with Gasteiger partial charge in [-0.2, -0.15) is 0 Å². The van der Waals surface area contributed by atoms with Crippen molar-refractivity contribution in [2.75, 3.05) is 13.6 Å². The van der Waals surface area contributed by atoms with Gasteiger partial charge in [0.15, 0.2) is 0 Å². The highest BCUT2D eigenvalue weighted by molar-refractivity contribution is 5.83. The molecule has 0 radical (unpaired) electrons. The number of carboxylic acid groups (broad SMARTS) is 1. The van der Waals surface area contributed by atoms with E-state index < -0.39 is 12.0 Å². The maximum absolute atomic E-state index is 12.4. The Labute approximate surface area is 113 Å². The molecule has 3 atom stereocenters. The summed E-state index contributed by atoms with van der Waals surface area (Å²) in [4.78, 5) is 27.0. The molecule has 2 rings (SSSR count). The number of urea groups is 1. The van der Waals surface area contributed by atoms with Crippen molar-refractivity contribution in [1.29, 1.82) is 0 Å². The van der Waals surface area contributed by atoms with Gasteiger partial charge in [0, 0.05) is 19.6 Å². The summed E-state index contributed by atoms with van der Waals surface area (Å²) < 4.78 is 0. The number of carbonyl (C=O) groups is 2. The molecule has 1 heterocycles. The van der Waals surface area contributed by atoms with Crippen molar-refractivity contribution in [1.82, 2.24) is 9.80 Å². The molecular weight excluding hydrogens is 244 g/mol. The lowest BCUT2D eigenvalue weighted by Gasteiger charge is -2.35. The Hall–Kier alpha value is -1.52. The number of rotatable bonds is 3. The predicted molar refractivity (Wildman–Crippen MR) is 71.8 cm³/mol. The fourth-order valence-electron chi connectivity index (χ4n) is 3.42. The van der Waals surface area contributed by atoms with E-state index in [1.807, 2.05) is 0 Å². The lowest BCUT2D eigenvalue weighted by molar-refractivity contribution is -0.141. The lowest BCUT2D eigenvalue weighted by atomic mass is 9.85. The van der Waals surface area contributed by atoms with Crippen molar-refractivity contribution in [3.05, 3.63) is 12.7 Å². The van der Waals surface area contributed by atoms with Gasteiger partial charge in [-0.15, -0.1) is 6.58 Å². The van der Waals surface area contributed by atoms with Crippen LogP contribution in [0.3, 0.4) is 0 Å². The summed E-state index contributed by atoms with van der Waals surface area (Å²) in [6.45, 7) is 4.06. The van der Waals surface area contributed by atoms with Crippen molar-refractivity contribution >= 4 is 12.0 Å². The van der Waals surface area contributed by atoms with Crippen LogP contribution in [0.4, 0.5) is 4.79 Å². The Morgan fingerprint density at radius 1 is 1.42 bits per heavy atom. The highest BCUT2D eigenvalue weighted by atomic mass is 16.4. The predicted octanol–water partition coefficient (Wildman–Crippen LogP) is 1.94. The first-order valence-corrected chi connectivity index (χ1v) is 6.93. The lowest BCUT2D eigenvalue weighted by Crippen LogP contribution is -2.51. The third kappa shape index (κ3) is 2.60. The Balaban J connectivity index is 2.19. The molecule has 0 aromatic heterocycles. The molecule has 1 N–H and O–H groups in total.